The molecule has 0 bridgehead atoms. The van der Waals surface area contributed by atoms with E-state index in [-0.39, 0.29) is 25.7 Å². The van der Waals surface area contributed by atoms with Gasteiger partial charge in [-0.3, -0.25) is 19.2 Å². The first-order chi connectivity index (χ1) is 16.4. The molecule has 202 valence electrons. The van der Waals surface area contributed by atoms with Crippen molar-refractivity contribution in [1.29, 1.82) is 0 Å². The summed E-state index contributed by atoms with van der Waals surface area (Å²) in [5.74, 6) is -5.51. The monoisotopic (exact) mass is 506 g/mol. The standard InChI is InChI=1S/C10H18O4.C9H16O4.C4H4O4/c11-9(12)7-5-3-1-2-4-6-8-10(13)14;10-8(11)6-4-2-1-3-5-7-9(12)13;5-3(6)1-2-4(7)8/h1-8H2,(H,11,12)(H,13,14);1-7H2,(H,10,11)(H,12,13);1-2H,(H,5,6)(H,7,8). The van der Waals surface area contributed by atoms with E-state index in [1.54, 1.807) is 0 Å². The molecule has 0 radical (unpaired) electrons. The van der Waals surface area contributed by atoms with Gasteiger partial charge in [0.05, 0.1) is 0 Å². The number of hydrogen-bond acceptors (Lipinski definition) is 6. The van der Waals surface area contributed by atoms with Crippen LogP contribution in [0.5, 0.6) is 0 Å². The SMILES string of the molecule is O=C(O)C=CC(=O)O.O=C(O)CCCCCCCC(=O)O.O=C(O)CCCCCCCCC(=O)O. The zero-order valence-corrected chi connectivity index (χ0v) is 19.9. The molecule has 0 aromatic carbocycles. The van der Waals surface area contributed by atoms with Crippen LogP contribution >= 0.6 is 0 Å². The van der Waals surface area contributed by atoms with Crippen LogP contribution in [0.15, 0.2) is 12.2 Å². The minimum atomic E-state index is -1.26. The van der Waals surface area contributed by atoms with E-state index in [4.69, 9.17) is 30.6 Å². The quantitative estimate of drug-likeness (QED) is 0.108. The van der Waals surface area contributed by atoms with Crippen LogP contribution in [-0.2, 0) is 28.8 Å². The normalized spacial score (nSPS) is 9.83. The van der Waals surface area contributed by atoms with Gasteiger partial charge >= 0.3 is 35.8 Å². The number of carbonyl (C=O) groups is 6. The summed E-state index contributed by atoms with van der Waals surface area (Å²) in [6.07, 6.45) is 11.5. The predicted molar refractivity (Wildman–Crippen MR) is 124 cm³/mol. The summed E-state index contributed by atoms with van der Waals surface area (Å²) in [6, 6.07) is 0. The van der Waals surface area contributed by atoms with E-state index in [2.05, 4.69) is 0 Å². The molecule has 0 saturated heterocycles. The van der Waals surface area contributed by atoms with E-state index >= 15 is 0 Å². The molecule has 12 heteroatoms. The third-order valence-corrected chi connectivity index (χ3v) is 4.18. The molecule has 0 aromatic rings. The third kappa shape index (κ3) is 49.0. The molecule has 0 heterocycles. The van der Waals surface area contributed by atoms with Crippen LogP contribution in [0.3, 0.4) is 0 Å². The maximum atomic E-state index is 10.1. The van der Waals surface area contributed by atoms with Gasteiger partial charge < -0.3 is 30.6 Å². The van der Waals surface area contributed by atoms with Gasteiger partial charge in [-0.15, -0.1) is 0 Å². The summed E-state index contributed by atoms with van der Waals surface area (Å²) < 4.78 is 0. The summed E-state index contributed by atoms with van der Waals surface area (Å²) in [5.41, 5.74) is 0. The second kappa shape index (κ2) is 26.8. The van der Waals surface area contributed by atoms with Gasteiger partial charge in [-0.25, -0.2) is 9.59 Å². The van der Waals surface area contributed by atoms with Gasteiger partial charge in [0.25, 0.3) is 0 Å². The minimum Gasteiger partial charge on any atom is -0.481 e. The Morgan fingerprint density at radius 1 is 0.343 bits per heavy atom. The molecular weight excluding hydrogens is 468 g/mol. The lowest BCUT2D eigenvalue weighted by Gasteiger charge is -1.98. The van der Waals surface area contributed by atoms with Crippen LogP contribution in [0.4, 0.5) is 0 Å². The molecule has 0 aliphatic carbocycles. The first-order valence-electron chi connectivity index (χ1n) is 11.4. The lowest BCUT2D eigenvalue weighted by molar-refractivity contribution is -0.138. The van der Waals surface area contributed by atoms with Crippen LogP contribution in [-0.4, -0.2) is 66.5 Å². The van der Waals surface area contributed by atoms with Gasteiger partial charge in [0.1, 0.15) is 0 Å². The highest BCUT2D eigenvalue weighted by molar-refractivity contribution is 5.89. The average Bonchev–Trinajstić information content (AvgIpc) is 2.73. The van der Waals surface area contributed by atoms with Crippen LogP contribution in [0.1, 0.15) is 96.3 Å². The first-order valence-corrected chi connectivity index (χ1v) is 11.4. The smallest absolute Gasteiger partial charge is 0.328 e. The highest BCUT2D eigenvalue weighted by Gasteiger charge is 1.99. The Kier molecular flexibility index (Phi) is 27.7. The highest BCUT2D eigenvalue weighted by Crippen LogP contribution is 2.08. The number of aliphatic carboxylic acids is 6. The number of unbranched alkanes of at least 4 members (excludes halogenated alkanes) is 9. The van der Waals surface area contributed by atoms with Crippen molar-refractivity contribution < 1.29 is 59.4 Å². The Morgan fingerprint density at radius 2 is 0.514 bits per heavy atom. The van der Waals surface area contributed by atoms with E-state index in [1.165, 1.54) is 0 Å². The van der Waals surface area contributed by atoms with E-state index in [9.17, 15) is 28.8 Å². The molecule has 0 rings (SSSR count). The van der Waals surface area contributed by atoms with Crippen molar-refractivity contribution in [1.82, 2.24) is 0 Å². The van der Waals surface area contributed by atoms with Crippen molar-refractivity contribution >= 4 is 35.8 Å². The Bertz CT molecular complexity index is 601. The summed E-state index contributed by atoms with van der Waals surface area (Å²) in [5, 5.41) is 48.9. The minimum absolute atomic E-state index is 0.221. The molecule has 12 nitrogen and oxygen atoms in total. The Balaban J connectivity index is -0.000000456. The second-order valence-electron chi connectivity index (χ2n) is 7.47. The van der Waals surface area contributed by atoms with E-state index in [1.807, 2.05) is 0 Å². The largest absolute Gasteiger partial charge is 0.481 e. The molecule has 0 spiro atoms. The van der Waals surface area contributed by atoms with Crippen molar-refractivity contribution in [2.45, 2.75) is 96.3 Å². The van der Waals surface area contributed by atoms with Gasteiger partial charge in [-0.2, -0.15) is 0 Å². The van der Waals surface area contributed by atoms with E-state index in [0.717, 1.165) is 57.8 Å². The molecule has 6 N–H and O–H groups in total. The van der Waals surface area contributed by atoms with Crippen molar-refractivity contribution in [3.63, 3.8) is 0 Å². The number of carboxylic acids is 6. The Labute approximate surface area is 204 Å². The van der Waals surface area contributed by atoms with Crippen LogP contribution in [0.25, 0.3) is 0 Å². The Morgan fingerprint density at radius 3 is 0.657 bits per heavy atom. The van der Waals surface area contributed by atoms with Gasteiger partial charge in [-0.1, -0.05) is 44.9 Å². The van der Waals surface area contributed by atoms with Crippen molar-refractivity contribution in [2.75, 3.05) is 0 Å². The second-order valence-corrected chi connectivity index (χ2v) is 7.47. The van der Waals surface area contributed by atoms with Crippen molar-refractivity contribution in [3.05, 3.63) is 12.2 Å². The topological polar surface area (TPSA) is 224 Å². The molecule has 0 aromatic heterocycles. The highest BCUT2D eigenvalue weighted by atomic mass is 16.4. The molecule has 0 amide bonds. The van der Waals surface area contributed by atoms with E-state index < -0.39 is 35.8 Å². The zero-order valence-electron chi connectivity index (χ0n) is 19.9. The van der Waals surface area contributed by atoms with Crippen molar-refractivity contribution in [2.24, 2.45) is 0 Å². The van der Waals surface area contributed by atoms with Crippen molar-refractivity contribution in [3.8, 4) is 0 Å². The molecule has 0 atom stereocenters. The predicted octanol–water partition coefficient (Wildman–Crippen LogP) is 3.87. The fourth-order valence-electron chi connectivity index (χ4n) is 2.48. The molecular formula is C23H38O12. The molecule has 0 aliphatic rings. The van der Waals surface area contributed by atoms with Gasteiger partial charge in [0.15, 0.2) is 0 Å². The maximum absolute atomic E-state index is 10.1. The van der Waals surface area contributed by atoms with Crippen LogP contribution in [0, 0.1) is 0 Å². The Hall–Kier alpha value is -3.44. The number of rotatable bonds is 19. The molecule has 0 aliphatic heterocycles. The molecule has 0 unspecified atom stereocenters. The summed E-state index contributed by atoms with van der Waals surface area (Å²) >= 11 is 0. The third-order valence-electron chi connectivity index (χ3n) is 4.18. The molecule has 0 fully saturated rings. The van der Waals surface area contributed by atoms with Gasteiger partial charge in [-0.05, 0) is 25.7 Å². The number of hydrogen-bond donors (Lipinski definition) is 6. The fraction of sp³-hybridized carbons (Fsp3) is 0.652. The molecule has 35 heavy (non-hydrogen) atoms. The summed E-state index contributed by atoms with van der Waals surface area (Å²) in [6.45, 7) is 0. The zero-order chi connectivity index (χ0) is 27.5. The number of carboxylic acid groups (broad SMARTS) is 6. The molecule has 0 saturated carbocycles. The first kappa shape index (κ1) is 36.1. The van der Waals surface area contributed by atoms with Gasteiger partial charge in [0.2, 0.25) is 0 Å². The van der Waals surface area contributed by atoms with Gasteiger partial charge in [0, 0.05) is 37.8 Å². The maximum Gasteiger partial charge on any atom is 0.328 e. The summed E-state index contributed by atoms with van der Waals surface area (Å²) in [4.78, 5) is 59.6. The lowest BCUT2D eigenvalue weighted by atomic mass is 10.1. The van der Waals surface area contributed by atoms with E-state index in [0.29, 0.717) is 25.0 Å². The van der Waals surface area contributed by atoms with Crippen LogP contribution in [0.2, 0.25) is 0 Å². The summed E-state index contributed by atoms with van der Waals surface area (Å²) in [7, 11) is 0. The fourth-order valence-corrected chi connectivity index (χ4v) is 2.48. The van der Waals surface area contributed by atoms with Crippen LogP contribution < -0.4 is 0 Å². The average molecular weight is 507 g/mol. The lowest BCUT2D eigenvalue weighted by Crippen LogP contribution is -1.95.